The van der Waals surface area contributed by atoms with Crippen LogP contribution in [-0.4, -0.2) is 123 Å². The highest BCUT2D eigenvalue weighted by molar-refractivity contribution is 5.43. The van der Waals surface area contributed by atoms with Crippen LogP contribution >= 0.6 is 0 Å². The third-order valence-electron chi connectivity index (χ3n) is 5.25. The monoisotopic (exact) mass is 438 g/mol. The van der Waals surface area contributed by atoms with Gasteiger partial charge in [-0.05, 0) is 13.8 Å². The Hall–Kier alpha value is -1.79. The molecule has 2 saturated heterocycles. The summed E-state index contributed by atoms with van der Waals surface area (Å²) in [6.07, 6.45) is 0. The molecular formula is C20H38N8O3. The molecule has 0 aliphatic carbocycles. The molecule has 0 radical (unpaired) electrons. The van der Waals surface area contributed by atoms with Gasteiger partial charge in [-0.2, -0.15) is 15.0 Å². The number of nitrogens with zero attached hydrogens (tertiary/aromatic N) is 5. The van der Waals surface area contributed by atoms with Gasteiger partial charge in [0.25, 0.3) is 0 Å². The van der Waals surface area contributed by atoms with Crippen LogP contribution in [-0.2, 0) is 14.2 Å². The lowest BCUT2D eigenvalue weighted by Crippen LogP contribution is -2.42. The largest absolute Gasteiger partial charge is 0.383 e. The fourth-order valence-corrected chi connectivity index (χ4v) is 3.72. The summed E-state index contributed by atoms with van der Waals surface area (Å²) in [5.74, 6) is 1.67. The van der Waals surface area contributed by atoms with E-state index in [1.807, 2.05) is 0 Å². The minimum absolute atomic E-state index is 0.200. The summed E-state index contributed by atoms with van der Waals surface area (Å²) >= 11 is 0. The molecule has 11 heteroatoms. The van der Waals surface area contributed by atoms with Crippen molar-refractivity contribution in [2.24, 2.45) is 0 Å². The second-order valence-electron chi connectivity index (χ2n) is 8.14. The van der Waals surface area contributed by atoms with Crippen LogP contribution in [0.5, 0.6) is 0 Å². The number of aromatic nitrogens is 3. The van der Waals surface area contributed by atoms with Crippen LogP contribution in [0.15, 0.2) is 0 Å². The Bertz CT molecular complexity index is 595. The first-order chi connectivity index (χ1) is 15.1. The van der Waals surface area contributed by atoms with Crippen molar-refractivity contribution >= 4 is 17.8 Å². The van der Waals surface area contributed by atoms with E-state index in [-0.39, 0.29) is 12.1 Å². The molecular weight excluding hydrogens is 400 g/mol. The molecule has 3 rings (SSSR count). The lowest BCUT2D eigenvalue weighted by molar-refractivity contribution is 0.0367. The van der Waals surface area contributed by atoms with Gasteiger partial charge in [0.2, 0.25) is 17.8 Å². The number of hydrogen-bond donors (Lipinski definition) is 3. The Balaban J connectivity index is 1.60. The highest BCUT2D eigenvalue weighted by Gasteiger charge is 2.17. The lowest BCUT2D eigenvalue weighted by atomic mass is 10.3. The van der Waals surface area contributed by atoms with Crippen LogP contribution in [0.2, 0.25) is 0 Å². The number of morpholine rings is 2. The molecule has 176 valence electrons. The van der Waals surface area contributed by atoms with Gasteiger partial charge in [0, 0.05) is 65.0 Å². The number of hydrogen-bond acceptors (Lipinski definition) is 11. The molecule has 0 amide bonds. The van der Waals surface area contributed by atoms with Gasteiger partial charge in [-0.25, -0.2) is 0 Å². The van der Waals surface area contributed by atoms with Gasteiger partial charge in [-0.1, -0.05) is 0 Å². The minimum atomic E-state index is 0.200. The van der Waals surface area contributed by atoms with Gasteiger partial charge in [0.1, 0.15) is 0 Å². The number of ether oxygens (including phenoxy) is 3. The van der Waals surface area contributed by atoms with Crippen molar-refractivity contribution < 1.29 is 14.2 Å². The van der Waals surface area contributed by atoms with Crippen LogP contribution in [0.4, 0.5) is 17.8 Å². The van der Waals surface area contributed by atoms with E-state index in [9.17, 15) is 0 Å². The number of nitrogens with one attached hydrogen (secondary N) is 3. The Morgan fingerprint density at radius 3 is 1.71 bits per heavy atom. The number of anilines is 3. The van der Waals surface area contributed by atoms with Crippen molar-refractivity contribution in [1.29, 1.82) is 0 Å². The Morgan fingerprint density at radius 1 is 0.806 bits per heavy atom. The molecule has 0 aromatic carbocycles. The first-order valence-corrected chi connectivity index (χ1v) is 11.2. The van der Waals surface area contributed by atoms with Crippen LogP contribution < -0.4 is 16.0 Å². The van der Waals surface area contributed by atoms with Gasteiger partial charge in [0.05, 0.1) is 33.0 Å². The highest BCUT2D eigenvalue weighted by Crippen LogP contribution is 2.13. The SMILES string of the molecule is COCCNc1nc(N[C@H](C)CN2CCOCC2)nc(N[C@@H](C)CN2CCOCC2)n1. The fourth-order valence-electron chi connectivity index (χ4n) is 3.72. The minimum Gasteiger partial charge on any atom is -0.383 e. The standard InChI is InChI=1S/C20H38N8O3/c1-16(14-27-5-10-30-11-6-27)22-19-24-18(21-4-9-29-3)25-20(26-19)23-17(2)15-28-7-12-31-13-8-28/h16-17H,4-15H2,1-3H3,(H3,21,22,23,24,25,26)/t16-,17+. The predicted octanol–water partition coefficient (Wildman–Crippen LogP) is 0.195. The van der Waals surface area contributed by atoms with Crippen molar-refractivity contribution in [2.45, 2.75) is 25.9 Å². The Morgan fingerprint density at radius 2 is 1.26 bits per heavy atom. The van der Waals surface area contributed by atoms with Gasteiger partial charge in [0.15, 0.2) is 0 Å². The summed E-state index contributed by atoms with van der Waals surface area (Å²) in [6.45, 7) is 14.3. The summed E-state index contributed by atoms with van der Waals surface area (Å²) in [5, 5.41) is 10.1. The normalized spacial score (nSPS) is 20.2. The van der Waals surface area contributed by atoms with Gasteiger partial charge >= 0.3 is 0 Å². The van der Waals surface area contributed by atoms with E-state index < -0.39 is 0 Å². The maximum absolute atomic E-state index is 5.44. The summed E-state index contributed by atoms with van der Waals surface area (Å²) < 4.78 is 16.0. The lowest BCUT2D eigenvalue weighted by Gasteiger charge is -2.30. The number of rotatable bonds is 12. The summed E-state index contributed by atoms with van der Waals surface area (Å²) in [7, 11) is 1.68. The van der Waals surface area contributed by atoms with E-state index in [2.05, 4.69) is 54.5 Å². The maximum atomic E-state index is 5.44. The maximum Gasteiger partial charge on any atom is 0.229 e. The van der Waals surface area contributed by atoms with Crippen molar-refractivity contribution in [3.05, 3.63) is 0 Å². The molecule has 3 N–H and O–H groups in total. The van der Waals surface area contributed by atoms with Gasteiger partial charge < -0.3 is 30.2 Å². The molecule has 0 spiro atoms. The molecule has 11 nitrogen and oxygen atoms in total. The van der Waals surface area contributed by atoms with E-state index in [0.717, 1.165) is 65.7 Å². The van der Waals surface area contributed by atoms with E-state index in [0.29, 0.717) is 31.0 Å². The summed E-state index contributed by atoms with van der Waals surface area (Å²) in [5.41, 5.74) is 0. The molecule has 0 unspecified atom stereocenters. The van der Waals surface area contributed by atoms with Crippen LogP contribution in [0.1, 0.15) is 13.8 Å². The Labute approximate surface area is 185 Å². The van der Waals surface area contributed by atoms with Crippen LogP contribution in [0, 0.1) is 0 Å². The van der Waals surface area contributed by atoms with E-state index in [1.54, 1.807) is 7.11 Å². The second kappa shape index (κ2) is 12.9. The molecule has 2 aliphatic rings. The van der Waals surface area contributed by atoms with E-state index in [1.165, 1.54) is 0 Å². The quantitative estimate of drug-likeness (QED) is 0.389. The number of methoxy groups -OCH3 is 1. The van der Waals surface area contributed by atoms with Crippen LogP contribution in [0.3, 0.4) is 0 Å². The molecule has 2 fully saturated rings. The highest BCUT2D eigenvalue weighted by atomic mass is 16.5. The first-order valence-electron chi connectivity index (χ1n) is 11.2. The average molecular weight is 439 g/mol. The Kier molecular flexibility index (Phi) is 9.94. The topological polar surface area (TPSA) is 109 Å². The van der Waals surface area contributed by atoms with Gasteiger partial charge in [-0.3, -0.25) is 9.80 Å². The zero-order chi connectivity index (χ0) is 21.9. The summed E-state index contributed by atoms with van der Waals surface area (Å²) in [4.78, 5) is 18.5. The molecule has 0 bridgehead atoms. The molecule has 2 aliphatic heterocycles. The molecule has 1 aromatic heterocycles. The third kappa shape index (κ3) is 8.69. The molecule has 31 heavy (non-hydrogen) atoms. The van der Waals surface area contributed by atoms with E-state index in [4.69, 9.17) is 14.2 Å². The van der Waals surface area contributed by atoms with E-state index >= 15 is 0 Å². The van der Waals surface area contributed by atoms with Gasteiger partial charge in [-0.15, -0.1) is 0 Å². The molecule has 3 heterocycles. The van der Waals surface area contributed by atoms with Crippen molar-refractivity contribution in [2.75, 3.05) is 102 Å². The zero-order valence-electron chi connectivity index (χ0n) is 19.1. The first kappa shape index (κ1) is 23.9. The third-order valence-corrected chi connectivity index (χ3v) is 5.25. The van der Waals surface area contributed by atoms with Crippen LogP contribution in [0.25, 0.3) is 0 Å². The molecule has 2 atom stereocenters. The molecule has 0 saturated carbocycles. The van der Waals surface area contributed by atoms with Crippen molar-refractivity contribution in [3.63, 3.8) is 0 Å². The predicted molar refractivity (Wildman–Crippen MR) is 121 cm³/mol. The smallest absolute Gasteiger partial charge is 0.229 e. The zero-order valence-corrected chi connectivity index (χ0v) is 19.1. The fraction of sp³-hybridized carbons (Fsp3) is 0.850. The molecule has 1 aromatic rings. The average Bonchev–Trinajstić information content (AvgIpc) is 2.75. The van der Waals surface area contributed by atoms with Crippen molar-refractivity contribution in [1.82, 2.24) is 24.8 Å². The summed E-state index contributed by atoms with van der Waals surface area (Å²) in [6, 6.07) is 0.400. The second-order valence-corrected chi connectivity index (χ2v) is 8.14. The van der Waals surface area contributed by atoms with Crippen molar-refractivity contribution in [3.8, 4) is 0 Å².